The number of esters is 3. The van der Waals surface area contributed by atoms with Gasteiger partial charge in [0.15, 0.2) is 0 Å². The Labute approximate surface area is 312 Å². The molecular formula is C41H54ClNO7S. The summed E-state index contributed by atoms with van der Waals surface area (Å²) in [6, 6.07) is 9.16. The van der Waals surface area contributed by atoms with Crippen LogP contribution < -0.4 is 0 Å². The molecule has 8 nitrogen and oxygen atoms in total. The van der Waals surface area contributed by atoms with Crippen molar-refractivity contribution in [1.82, 2.24) is 4.90 Å². The highest BCUT2D eigenvalue weighted by atomic mass is 35.5. The van der Waals surface area contributed by atoms with E-state index in [4.69, 9.17) is 25.8 Å². The standard InChI is InChI=1S/C25H38O5.C16H16ClNO2S/c1-6-25(4,5)24(28)30-21-12-15(2)11-17-8-7-16(3)20(23(17)21)10-9-19-13-18(26)14-22(27)29-19;1-20-16(19)15(12-4-2-3-5-13(12)17)18-8-6-14-11(10-18)7-9-21-14/h7-8,11,15-16,18-21,23,26H,6,9-10,12-14H2,1-5H3;2-5,7,9,15H,6,8,10H2,1H3/t15-,16-,18+,19+,20-,21-,23-;15-/m00/s1. The van der Waals surface area contributed by atoms with Crippen LogP contribution in [0.15, 0.2) is 59.5 Å². The lowest BCUT2D eigenvalue weighted by Gasteiger charge is -2.44. The van der Waals surface area contributed by atoms with Crippen LogP contribution in [-0.2, 0) is 41.6 Å². The zero-order chi connectivity index (χ0) is 36.9. The van der Waals surface area contributed by atoms with Crippen molar-refractivity contribution in [2.24, 2.45) is 29.1 Å². The molecule has 8 atom stereocenters. The number of halogens is 1. The number of hydrogen-bond acceptors (Lipinski definition) is 9. The van der Waals surface area contributed by atoms with Crippen molar-refractivity contribution in [3.63, 3.8) is 0 Å². The normalized spacial score (nSPS) is 28.2. The third kappa shape index (κ3) is 9.53. The first kappa shape index (κ1) is 39.2. The van der Waals surface area contributed by atoms with Crippen LogP contribution in [-0.4, -0.2) is 59.9 Å². The van der Waals surface area contributed by atoms with Gasteiger partial charge in [0.1, 0.15) is 18.2 Å². The van der Waals surface area contributed by atoms with Gasteiger partial charge in [-0.15, -0.1) is 11.3 Å². The number of aliphatic hydroxyl groups is 1. The zero-order valence-corrected chi connectivity index (χ0v) is 32.4. The van der Waals surface area contributed by atoms with Gasteiger partial charge in [0, 0.05) is 35.3 Å². The molecule has 1 aromatic carbocycles. The topological polar surface area (TPSA) is 102 Å². The summed E-state index contributed by atoms with van der Waals surface area (Å²) in [7, 11) is 1.42. The molecule has 1 aromatic heterocycles. The number of ether oxygens (including phenoxy) is 3. The number of benzene rings is 1. The van der Waals surface area contributed by atoms with Crippen molar-refractivity contribution in [3.8, 4) is 0 Å². The minimum absolute atomic E-state index is 0.0949. The van der Waals surface area contributed by atoms with Gasteiger partial charge < -0.3 is 19.3 Å². The van der Waals surface area contributed by atoms with E-state index in [9.17, 15) is 19.5 Å². The number of aliphatic hydroxyl groups excluding tert-OH is 1. The highest BCUT2D eigenvalue weighted by Crippen LogP contribution is 2.46. The second-order valence-electron chi connectivity index (χ2n) is 15.3. The van der Waals surface area contributed by atoms with E-state index in [1.165, 1.54) is 23.1 Å². The van der Waals surface area contributed by atoms with Crippen molar-refractivity contribution < 1.29 is 33.7 Å². The molecule has 1 N–H and O–H groups in total. The van der Waals surface area contributed by atoms with E-state index in [1.54, 1.807) is 11.3 Å². The molecule has 0 saturated carbocycles. The molecule has 6 rings (SSSR count). The maximum absolute atomic E-state index is 12.9. The smallest absolute Gasteiger partial charge is 0.327 e. The van der Waals surface area contributed by atoms with Crippen LogP contribution in [0.5, 0.6) is 0 Å². The Morgan fingerprint density at radius 3 is 2.63 bits per heavy atom. The largest absolute Gasteiger partial charge is 0.468 e. The number of nitrogens with zero attached hydrogens (tertiary/aromatic N) is 1. The van der Waals surface area contributed by atoms with E-state index in [-0.39, 0.29) is 42.5 Å². The van der Waals surface area contributed by atoms with Gasteiger partial charge in [-0.3, -0.25) is 14.5 Å². The molecule has 1 fully saturated rings. The summed E-state index contributed by atoms with van der Waals surface area (Å²) < 4.78 is 16.6. The van der Waals surface area contributed by atoms with Crippen LogP contribution in [0, 0.1) is 29.1 Å². The number of cyclic esters (lactones) is 1. The Kier molecular flexibility index (Phi) is 13.3. The molecule has 2 aromatic rings. The van der Waals surface area contributed by atoms with E-state index in [0.29, 0.717) is 29.2 Å². The summed E-state index contributed by atoms with van der Waals surface area (Å²) >= 11 is 8.07. The number of methoxy groups -OCH3 is 1. The lowest BCUT2D eigenvalue weighted by Crippen LogP contribution is -2.43. The predicted molar refractivity (Wildman–Crippen MR) is 200 cm³/mol. The Bertz CT molecular complexity index is 1600. The van der Waals surface area contributed by atoms with Crippen LogP contribution in [0.4, 0.5) is 0 Å². The minimum Gasteiger partial charge on any atom is -0.468 e. The van der Waals surface area contributed by atoms with Crippen molar-refractivity contribution in [2.75, 3.05) is 13.7 Å². The second kappa shape index (κ2) is 17.2. The highest BCUT2D eigenvalue weighted by molar-refractivity contribution is 7.10. The fraction of sp³-hybridized carbons (Fsp3) is 0.585. The van der Waals surface area contributed by atoms with Gasteiger partial charge in [0.2, 0.25) is 0 Å². The first-order valence-corrected chi connectivity index (χ1v) is 19.7. The number of carbonyl (C=O) groups is 3. The summed E-state index contributed by atoms with van der Waals surface area (Å²) in [4.78, 5) is 40.4. The van der Waals surface area contributed by atoms with Crippen LogP contribution in [0.1, 0.15) is 95.2 Å². The molecule has 0 spiro atoms. The lowest BCUT2D eigenvalue weighted by atomic mass is 9.65. The molecule has 0 amide bonds. The van der Waals surface area contributed by atoms with Crippen molar-refractivity contribution in [3.05, 3.63) is 80.5 Å². The van der Waals surface area contributed by atoms with Gasteiger partial charge in [0.05, 0.1) is 25.0 Å². The van der Waals surface area contributed by atoms with Crippen molar-refractivity contribution in [2.45, 2.75) is 110 Å². The van der Waals surface area contributed by atoms with Gasteiger partial charge in [-0.1, -0.05) is 68.8 Å². The SMILES string of the molecule is CCC(C)(C)C(=O)O[C@H]1C[C@@H](C)C=C2C=C[C@H](C)[C@H](CC[C@@H]3C[C@@H](O)CC(=O)O3)[C@H]21.COC(=O)[C@H](c1ccccc1Cl)N1CCc2sccc2C1. The van der Waals surface area contributed by atoms with Gasteiger partial charge in [0.25, 0.3) is 0 Å². The van der Waals surface area contributed by atoms with E-state index < -0.39 is 17.6 Å². The quantitative estimate of drug-likeness (QED) is 0.203. The number of allylic oxidation sites excluding steroid dienone is 3. The Morgan fingerprint density at radius 1 is 1.16 bits per heavy atom. The van der Waals surface area contributed by atoms with E-state index in [0.717, 1.165) is 50.8 Å². The van der Waals surface area contributed by atoms with Crippen molar-refractivity contribution in [1.29, 1.82) is 0 Å². The fourth-order valence-corrected chi connectivity index (χ4v) is 8.98. The third-order valence-corrected chi connectivity index (χ3v) is 12.5. The Morgan fingerprint density at radius 2 is 1.92 bits per heavy atom. The molecule has 2 aliphatic carbocycles. The molecule has 10 heteroatoms. The number of rotatable bonds is 9. The van der Waals surface area contributed by atoms with Gasteiger partial charge >= 0.3 is 17.9 Å². The van der Waals surface area contributed by atoms with Crippen molar-refractivity contribution >= 4 is 40.8 Å². The average Bonchev–Trinajstić information content (AvgIpc) is 3.57. The summed E-state index contributed by atoms with van der Waals surface area (Å²) in [6.45, 7) is 11.9. The van der Waals surface area contributed by atoms with Crippen LogP contribution in [0.25, 0.3) is 0 Å². The molecule has 278 valence electrons. The van der Waals surface area contributed by atoms with Crippen LogP contribution >= 0.6 is 22.9 Å². The van der Waals surface area contributed by atoms with Gasteiger partial charge in [-0.05, 0) is 97.9 Å². The molecule has 2 aliphatic heterocycles. The third-order valence-electron chi connectivity index (χ3n) is 11.2. The molecule has 4 aliphatic rings. The first-order chi connectivity index (χ1) is 24.3. The van der Waals surface area contributed by atoms with Crippen LogP contribution in [0.2, 0.25) is 5.02 Å². The summed E-state index contributed by atoms with van der Waals surface area (Å²) in [5.74, 6) is 0.514. The monoisotopic (exact) mass is 739 g/mol. The number of hydrogen-bond donors (Lipinski definition) is 1. The molecule has 0 unspecified atom stereocenters. The highest BCUT2D eigenvalue weighted by Gasteiger charge is 2.43. The summed E-state index contributed by atoms with van der Waals surface area (Å²) in [6.07, 6.45) is 10.6. The number of fused-ring (bicyclic) bond motifs is 2. The predicted octanol–water partition coefficient (Wildman–Crippen LogP) is 8.26. The van der Waals surface area contributed by atoms with E-state index in [2.05, 4.69) is 48.4 Å². The zero-order valence-electron chi connectivity index (χ0n) is 30.8. The Hall–Kier alpha value is -2.98. The summed E-state index contributed by atoms with van der Waals surface area (Å²) in [5, 5.41) is 12.6. The van der Waals surface area contributed by atoms with Gasteiger partial charge in [-0.25, -0.2) is 4.79 Å². The van der Waals surface area contributed by atoms with E-state index >= 15 is 0 Å². The molecule has 0 bridgehead atoms. The lowest BCUT2D eigenvalue weighted by molar-refractivity contribution is -0.166. The Balaban J connectivity index is 0.000000210. The maximum atomic E-state index is 12.9. The maximum Gasteiger partial charge on any atom is 0.327 e. The average molecular weight is 740 g/mol. The van der Waals surface area contributed by atoms with E-state index in [1.807, 2.05) is 45.0 Å². The minimum atomic E-state index is -0.601. The number of carbonyl (C=O) groups excluding carboxylic acids is 3. The van der Waals surface area contributed by atoms with Crippen LogP contribution in [0.3, 0.4) is 0 Å². The molecule has 51 heavy (non-hydrogen) atoms. The van der Waals surface area contributed by atoms with Gasteiger partial charge in [-0.2, -0.15) is 0 Å². The summed E-state index contributed by atoms with van der Waals surface area (Å²) in [5.41, 5.74) is 2.89. The second-order valence-corrected chi connectivity index (χ2v) is 16.7. The molecule has 0 radical (unpaired) electrons. The molecule has 3 heterocycles. The molecule has 1 saturated heterocycles. The number of thiophene rings is 1. The first-order valence-electron chi connectivity index (χ1n) is 18.4. The molecular weight excluding hydrogens is 686 g/mol. The fourth-order valence-electron chi connectivity index (χ4n) is 7.85.